The number of hydrogen-bond donors (Lipinski definition) is 2. The summed E-state index contributed by atoms with van der Waals surface area (Å²) >= 11 is 6.46. The minimum atomic E-state index is -2.74. The minimum absolute atomic E-state index is 0.150. The number of halogens is 1. The van der Waals surface area contributed by atoms with Gasteiger partial charge in [0.25, 0.3) is 8.32 Å². The summed E-state index contributed by atoms with van der Waals surface area (Å²) in [5.74, 6) is 0.515. The average molecular weight is 504 g/mol. The fraction of sp³-hybridized carbons (Fsp3) is 0.571. The Bertz CT molecular complexity index is 833. The zero-order valence-corrected chi connectivity index (χ0v) is 23.1. The number of aliphatic hydroxyl groups is 2. The van der Waals surface area contributed by atoms with Crippen molar-refractivity contribution in [3.63, 3.8) is 0 Å². The van der Waals surface area contributed by atoms with Gasteiger partial charge >= 0.3 is 0 Å². The molecular formula is C28H42ClNO3Si. The maximum atomic E-state index is 11.1. The van der Waals surface area contributed by atoms with Crippen molar-refractivity contribution in [2.24, 2.45) is 5.92 Å². The molecule has 0 unspecified atom stereocenters. The maximum Gasteiger partial charge on any atom is 0.261 e. The van der Waals surface area contributed by atoms with Crippen molar-refractivity contribution in [3.05, 3.63) is 60.7 Å². The summed E-state index contributed by atoms with van der Waals surface area (Å²) in [5, 5.41) is 23.6. The second kappa shape index (κ2) is 11.7. The smallest absolute Gasteiger partial charge is 0.261 e. The lowest BCUT2D eigenvalue weighted by Crippen LogP contribution is -2.69. The van der Waals surface area contributed by atoms with Gasteiger partial charge in [0.1, 0.15) is 0 Å². The first-order valence-electron chi connectivity index (χ1n) is 12.6. The van der Waals surface area contributed by atoms with E-state index in [0.29, 0.717) is 19.1 Å². The van der Waals surface area contributed by atoms with Gasteiger partial charge in [0.05, 0.1) is 30.2 Å². The predicted molar refractivity (Wildman–Crippen MR) is 145 cm³/mol. The van der Waals surface area contributed by atoms with Crippen LogP contribution in [0, 0.1) is 5.92 Å². The predicted octanol–water partition coefficient (Wildman–Crippen LogP) is 4.01. The third kappa shape index (κ3) is 5.61. The number of benzene rings is 2. The lowest BCUT2D eigenvalue weighted by Gasteiger charge is -2.48. The van der Waals surface area contributed by atoms with Crippen LogP contribution in [0.25, 0.3) is 0 Å². The molecule has 1 heterocycles. The molecule has 0 amide bonds. The number of hydrogen-bond acceptors (Lipinski definition) is 4. The van der Waals surface area contributed by atoms with E-state index in [2.05, 4.69) is 88.0 Å². The Morgan fingerprint density at radius 1 is 0.941 bits per heavy atom. The highest BCUT2D eigenvalue weighted by Crippen LogP contribution is 2.37. The molecule has 188 valence electrons. The first-order valence-corrected chi connectivity index (χ1v) is 15.0. The Kier molecular flexibility index (Phi) is 9.41. The molecule has 1 aliphatic heterocycles. The number of likely N-dealkylation sites (tertiary alicyclic amines) is 1. The zero-order chi connectivity index (χ0) is 24.9. The average Bonchev–Trinajstić information content (AvgIpc) is 2.83. The van der Waals surface area contributed by atoms with E-state index >= 15 is 0 Å². The van der Waals surface area contributed by atoms with E-state index in [1.807, 2.05) is 12.1 Å². The molecule has 2 aromatic carbocycles. The van der Waals surface area contributed by atoms with E-state index in [-0.39, 0.29) is 11.1 Å². The molecule has 0 saturated carbocycles. The van der Waals surface area contributed by atoms with E-state index in [4.69, 9.17) is 16.0 Å². The molecular weight excluding hydrogens is 462 g/mol. The van der Waals surface area contributed by atoms with Crippen molar-refractivity contribution in [3.8, 4) is 0 Å². The van der Waals surface area contributed by atoms with Crippen molar-refractivity contribution in [2.45, 2.75) is 76.1 Å². The monoisotopic (exact) mass is 503 g/mol. The first kappa shape index (κ1) is 27.4. The Labute approximate surface area is 212 Å². The number of aliphatic hydroxyl groups excluding tert-OH is 2. The van der Waals surface area contributed by atoms with Crippen molar-refractivity contribution < 1.29 is 14.6 Å². The molecule has 0 aliphatic carbocycles. The molecule has 3 rings (SSSR count). The van der Waals surface area contributed by atoms with E-state index in [1.54, 1.807) is 0 Å². The highest BCUT2D eigenvalue weighted by molar-refractivity contribution is 6.99. The number of rotatable bonds is 9. The summed E-state index contributed by atoms with van der Waals surface area (Å²) in [6.45, 7) is 12.9. The van der Waals surface area contributed by atoms with Crippen LogP contribution in [-0.2, 0) is 4.43 Å². The van der Waals surface area contributed by atoms with E-state index in [9.17, 15) is 10.2 Å². The molecule has 4 atom stereocenters. The number of alkyl halides is 1. The van der Waals surface area contributed by atoms with Crippen LogP contribution in [0.15, 0.2) is 60.7 Å². The summed E-state index contributed by atoms with van der Waals surface area (Å²) < 4.78 is 7.12. The second-order valence-electron chi connectivity index (χ2n) is 10.7. The van der Waals surface area contributed by atoms with Crippen LogP contribution in [0.1, 0.15) is 47.5 Å². The highest BCUT2D eigenvalue weighted by atomic mass is 35.5. The van der Waals surface area contributed by atoms with Crippen LogP contribution in [-0.4, -0.2) is 66.8 Å². The van der Waals surface area contributed by atoms with Crippen molar-refractivity contribution in [1.82, 2.24) is 4.90 Å². The van der Waals surface area contributed by atoms with Gasteiger partial charge in [-0.15, -0.1) is 11.6 Å². The van der Waals surface area contributed by atoms with Crippen molar-refractivity contribution >= 4 is 30.3 Å². The zero-order valence-electron chi connectivity index (χ0n) is 21.3. The van der Waals surface area contributed by atoms with E-state index in [0.717, 1.165) is 19.4 Å². The number of nitrogens with zero attached hydrogens (tertiary/aromatic N) is 1. The van der Waals surface area contributed by atoms with E-state index in [1.165, 1.54) is 10.4 Å². The third-order valence-corrected chi connectivity index (χ3v) is 12.9. The molecule has 4 nitrogen and oxygen atoms in total. The van der Waals surface area contributed by atoms with Gasteiger partial charge in [0.15, 0.2) is 0 Å². The summed E-state index contributed by atoms with van der Waals surface area (Å²) in [6, 6.07) is 20.8. The highest BCUT2D eigenvalue weighted by Gasteiger charge is 2.51. The number of piperidine rings is 1. The normalized spacial score (nSPS) is 24.5. The Hall–Kier alpha value is -1.21. The fourth-order valence-electron chi connectivity index (χ4n) is 5.39. The lowest BCUT2D eigenvalue weighted by atomic mass is 9.93. The quantitative estimate of drug-likeness (QED) is 0.401. The standard InChI is InChI=1S/C28H42ClNO3Si/c1-6-21(7-2)18-30-19-24(29)26(31)27(32)25(30)20-33-34(28(3,4)5,22-14-10-8-11-15-22)23-16-12-9-13-17-23/h8-17,21,24-27,31-32H,6-7,18-20H2,1-5H3/t24-,25+,26+,27+/m0/s1. The van der Waals surface area contributed by atoms with Gasteiger partial charge in [-0.3, -0.25) is 4.90 Å². The summed E-state index contributed by atoms with van der Waals surface area (Å²) in [6.07, 6.45) is 0.220. The van der Waals surface area contributed by atoms with Crippen LogP contribution in [0.4, 0.5) is 0 Å². The van der Waals surface area contributed by atoms with Gasteiger partial charge in [0, 0.05) is 13.1 Å². The topological polar surface area (TPSA) is 52.9 Å². The molecule has 0 bridgehead atoms. The molecule has 1 saturated heterocycles. The minimum Gasteiger partial charge on any atom is -0.406 e. The SMILES string of the molecule is CCC(CC)CN1C[C@H](Cl)[C@@H](O)[C@H](O)[C@H]1CO[Si](c1ccccc1)(c1ccccc1)C(C)(C)C. The van der Waals surface area contributed by atoms with Crippen LogP contribution >= 0.6 is 11.6 Å². The van der Waals surface area contributed by atoms with Gasteiger partial charge < -0.3 is 14.6 Å². The summed E-state index contributed by atoms with van der Waals surface area (Å²) in [4.78, 5) is 2.25. The van der Waals surface area contributed by atoms with Crippen LogP contribution < -0.4 is 10.4 Å². The van der Waals surface area contributed by atoms with Gasteiger partial charge in [0.2, 0.25) is 0 Å². The van der Waals surface area contributed by atoms with Crippen molar-refractivity contribution in [1.29, 1.82) is 0 Å². The molecule has 0 aromatic heterocycles. The Balaban J connectivity index is 2.02. The molecule has 0 radical (unpaired) electrons. The maximum absolute atomic E-state index is 11.1. The molecule has 2 aromatic rings. The Morgan fingerprint density at radius 3 is 1.88 bits per heavy atom. The summed E-state index contributed by atoms with van der Waals surface area (Å²) in [5.41, 5.74) is 0. The van der Waals surface area contributed by atoms with Gasteiger partial charge in [-0.05, 0) is 21.3 Å². The van der Waals surface area contributed by atoms with Crippen LogP contribution in [0.2, 0.25) is 5.04 Å². The second-order valence-corrected chi connectivity index (χ2v) is 15.5. The largest absolute Gasteiger partial charge is 0.406 e. The molecule has 1 aliphatic rings. The third-order valence-electron chi connectivity index (χ3n) is 7.53. The van der Waals surface area contributed by atoms with Gasteiger partial charge in [-0.1, -0.05) is 108 Å². The Morgan fingerprint density at radius 2 is 1.44 bits per heavy atom. The lowest BCUT2D eigenvalue weighted by molar-refractivity contribution is -0.0886. The molecule has 2 N–H and O–H groups in total. The van der Waals surface area contributed by atoms with Crippen molar-refractivity contribution in [2.75, 3.05) is 19.7 Å². The van der Waals surface area contributed by atoms with E-state index < -0.39 is 25.9 Å². The summed E-state index contributed by atoms with van der Waals surface area (Å²) in [7, 11) is -2.74. The molecule has 6 heteroatoms. The van der Waals surface area contributed by atoms with Crippen LogP contribution in [0.3, 0.4) is 0 Å². The van der Waals surface area contributed by atoms with Gasteiger partial charge in [-0.25, -0.2) is 0 Å². The van der Waals surface area contributed by atoms with Crippen LogP contribution in [0.5, 0.6) is 0 Å². The molecule has 0 spiro atoms. The molecule has 34 heavy (non-hydrogen) atoms. The first-order chi connectivity index (χ1) is 16.2. The fourth-order valence-corrected chi connectivity index (χ4v) is 10.3. The molecule has 1 fully saturated rings. The van der Waals surface area contributed by atoms with Gasteiger partial charge in [-0.2, -0.15) is 0 Å².